The number of benzene rings is 1. The van der Waals surface area contributed by atoms with Crippen molar-refractivity contribution in [3.63, 3.8) is 0 Å². The van der Waals surface area contributed by atoms with Crippen molar-refractivity contribution in [1.29, 1.82) is 0 Å². The Morgan fingerprint density at radius 2 is 1.90 bits per heavy atom. The molecule has 2 aliphatic rings. The number of aliphatic hydroxyl groups is 1. The number of carbonyl (C=O) groups excluding carboxylic acids is 1. The zero-order valence-corrected chi connectivity index (χ0v) is 19.4. The highest BCUT2D eigenvalue weighted by Crippen LogP contribution is 2.29. The first-order chi connectivity index (χ1) is 15.0. The normalized spacial score (nSPS) is 19.3. The van der Waals surface area contributed by atoms with E-state index in [0.717, 1.165) is 44.6 Å². The van der Waals surface area contributed by atoms with Crippen molar-refractivity contribution >= 4 is 5.91 Å². The van der Waals surface area contributed by atoms with Crippen LogP contribution in [0.3, 0.4) is 0 Å². The van der Waals surface area contributed by atoms with Gasteiger partial charge in [0.1, 0.15) is 12.7 Å². The summed E-state index contributed by atoms with van der Waals surface area (Å²) in [4.78, 5) is 19.1. The third kappa shape index (κ3) is 6.57. The Kier molecular flexibility index (Phi) is 8.99. The van der Waals surface area contributed by atoms with Crippen LogP contribution in [0.2, 0.25) is 0 Å². The fourth-order valence-electron chi connectivity index (χ4n) is 4.68. The monoisotopic (exact) mass is 433 g/mol. The van der Waals surface area contributed by atoms with Crippen LogP contribution in [0.1, 0.15) is 45.1 Å². The number of aliphatic hydroxyl groups excluding tert-OH is 1. The second kappa shape index (κ2) is 11.7. The third-order valence-electron chi connectivity index (χ3n) is 6.53. The first kappa shape index (κ1) is 23.8. The van der Waals surface area contributed by atoms with E-state index in [1.807, 2.05) is 18.2 Å². The lowest BCUT2D eigenvalue weighted by Gasteiger charge is -2.37. The highest BCUT2D eigenvalue weighted by Gasteiger charge is 2.31. The Hall–Kier alpha value is -1.83. The quantitative estimate of drug-likeness (QED) is 0.578. The van der Waals surface area contributed by atoms with E-state index in [1.165, 1.54) is 12.8 Å². The molecule has 0 radical (unpaired) electrons. The standard InChI is InChI=1S/C24H39N3O4/c1-4-25(5-2)16-21(28)18-31-23-14-19(10-11-22(23)30-3)15-26-12-13-27(24(29)17-26)20-8-6-7-9-20/h10-11,14,20-21,28H,4-9,12-13,15-18H2,1-3H3. The van der Waals surface area contributed by atoms with Gasteiger partial charge in [0.25, 0.3) is 0 Å². The van der Waals surface area contributed by atoms with Crippen molar-refractivity contribution in [2.45, 2.75) is 58.2 Å². The molecule has 1 aliphatic heterocycles. The number of hydrogen-bond acceptors (Lipinski definition) is 6. The van der Waals surface area contributed by atoms with Crippen LogP contribution < -0.4 is 9.47 Å². The van der Waals surface area contributed by atoms with Crippen molar-refractivity contribution in [2.24, 2.45) is 0 Å². The maximum absolute atomic E-state index is 12.7. The summed E-state index contributed by atoms with van der Waals surface area (Å²) in [5, 5.41) is 10.3. The van der Waals surface area contributed by atoms with Gasteiger partial charge in [-0.05, 0) is 43.6 Å². The Morgan fingerprint density at radius 1 is 1.16 bits per heavy atom. The van der Waals surface area contributed by atoms with Gasteiger partial charge in [-0.3, -0.25) is 9.69 Å². The smallest absolute Gasteiger partial charge is 0.237 e. The predicted molar refractivity (Wildman–Crippen MR) is 122 cm³/mol. The fraction of sp³-hybridized carbons (Fsp3) is 0.708. The minimum atomic E-state index is -0.561. The SMILES string of the molecule is CCN(CC)CC(O)COc1cc(CN2CCN(C3CCCC3)C(=O)C2)ccc1OC. The van der Waals surface area contributed by atoms with E-state index >= 15 is 0 Å². The zero-order chi connectivity index (χ0) is 22.2. The summed E-state index contributed by atoms with van der Waals surface area (Å²) < 4.78 is 11.4. The van der Waals surface area contributed by atoms with Crippen LogP contribution in [0.25, 0.3) is 0 Å². The van der Waals surface area contributed by atoms with Crippen LogP contribution in [0, 0.1) is 0 Å². The van der Waals surface area contributed by atoms with Crippen LogP contribution in [0.4, 0.5) is 0 Å². The molecule has 2 fully saturated rings. The topological polar surface area (TPSA) is 65.5 Å². The molecule has 174 valence electrons. The lowest BCUT2D eigenvalue weighted by atomic mass is 10.1. The molecule has 1 aliphatic carbocycles. The number of rotatable bonds is 11. The maximum atomic E-state index is 12.7. The summed E-state index contributed by atoms with van der Waals surface area (Å²) in [7, 11) is 1.62. The molecule has 1 heterocycles. The molecule has 0 aromatic heterocycles. The van der Waals surface area contributed by atoms with Gasteiger partial charge in [0.05, 0.1) is 13.7 Å². The van der Waals surface area contributed by atoms with Gasteiger partial charge >= 0.3 is 0 Å². The van der Waals surface area contributed by atoms with Gasteiger partial charge in [-0.2, -0.15) is 0 Å². The number of likely N-dealkylation sites (N-methyl/N-ethyl adjacent to an activating group) is 1. The molecular formula is C24H39N3O4. The van der Waals surface area contributed by atoms with Gasteiger partial charge in [-0.25, -0.2) is 0 Å². The van der Waals surface area contributed by atoms with Crippen molar-refractivity contribution < 1.29 is 19.4 Å². The Morgan fingerprint density at radius 3 is 2.55 bits per heavy atom. The summed E-state index contributed by atoms with van der Waals surface area (Å²) in [5.41, 5.74) is 1.08. The van der Waals surface area contributed by atoms with Crippen molar-refractivity contribution in [2.75, 3.05) is 53.0 Å². The average Bonchev–Trinajstić information content (AvgIpc) is 3.31. The average molecular weight is 434 g/mol. The number of carbonyl (C=O) groups is 1. The van der Waals surface area contributed by atoms with Crippen LogP contribution in [0.15, 0.2) is 18.2 Å². The second-order valence-corrected chi connectivity index (χ2v) is 8.67. The summed E-state index contributed by atoms with van der Waals surface area (Å²) in [6.07, 6.45) is 4.25. The van der Waals surface area contributed by atoms with Gasteiger partial charge in [0, 0.05) is 32.2 Å². The Balaban J connectivity index is 1.55. The van der Waals surface area contributed by atoms with Gasteiger partial charge < -0.3 is 24.4 Å². The van der Waals surface area contributed by atoms with Crippen LogP contribution in [-0.4, -0.2) is 90.8 Å². The lowest BCUT2D eigenvalue weighted by molar-refractivity contribution is -0.138. The number of nitrogens with zero attached hydrogens (tertiary/aromatic N) is 3. The third-order valence-corrected chi connectivity index (χ3v) is 6.53. The van der Waals surface area contributed by atoms with Crippen LogP contribution >= 0.6 is 0 Å². The Bertz CT molecular complexity index is 704. The predicted octanol–water partition coefficient (Wildman–Crippen LogP) is 2.36. The molecule has 0 bridgehead atoms. The van der Waals surface area contributed by atoms with Crippen molar-refractivity contribution in [3.8, 4) is 11.5 Å². The van der Waals surface area contributed by atoms with E-state index in [0.29, 0.717) is 37.2 Å². The van der Waals surface area contributed by atoms with Crippen molar-refractivity contribution in [3.05, 3.63) is 23.8 Å². The first-order valence-corrected chi connectivity index (χ1v) is 11.8. The fourth-order valence-corrected chi connectivity index (χ4v) is 4.68. The van der Waals surface area contributed by atoms with E-state index in [9.17, 15) is 9.90 Å². The molecule has 1 aromatic rings. The molecule has 1 atom stereocenters. The minimum Gasteiger partial charge on any atom is -0.493 e. The highest BCUT2D eigenvalue weighted by atomic mass is 16.5. The molecule has 3 rings (SSSR count). The molecule has 1 amide bonds. The van der Waals surface area contributed by atoms with Crippen LogP contribution in [0.5, 0.6) is 11.5 Å². The molecule has 0 spiro atoms. The molecule has 1 saturated carbocycles. The first-order valence-electron chi connectivity index (χ1n) is 11.8. The zero-order valence-electron chi connectivity index (χ0n) is 19.4. The molecule has 31 heavy (non-hydrogen) atoms. The summed E-state index contributed by atoms with van der Waals surface area (Å²) in [6.45, 7) is 9.67. The van der Waals surface area contributed by atoms with Gasteiger partial charge in [-0.1, -0.05) is 32.8 Å². The molecule has 7 heteroatoms. The molecule has 1 saturated heterocycles. The van der Waals surface area contributed by atoms with Crippen LogP contribution in [-0.2, 0) is 11.3 Å². The van der Waals surface area contributed by atoms with Crippen molar-refractivity contribution in [1.82, 2.24) is 14.7 Å². The largest absolute Gasteiger partial charge is 0.493 e. The number of methoxy groups -OCH3 is 1. The molecule has 1 N–H and O–H groups in total. The summed E-state index contributed by atoms with van der Waals surface area (Å²) in [5.74, 6) is 1.54. The molecule has 7 nitrogen and oxygen atoms in total. The van der Waals surface area contributed by atoms with E-state index in [4.69, 9.17) is 9.47 Å². The maximum Gasteiger partial charge on any atom is 0.237 e. The second-order valence-electron chi connectivity index (χ2n) is 8.67. The summed E-state index contributed by atoms with van der Waals surface area (Å²) in [6, 6.07) is 6.35. The number of hydrogen-bond donors (Lipinski definition) is 1. The lowest BCUT2D eigenvalue weighted by Crippen LogP contribution is -2.53. The van der Waals surface area contributed by atoms with E-state index < -0.39 is 6.10 Å². The molecular weight excluding hydrogens is 394 g/mol. The minimum absolute atomic E-state index is 0.217. The number of amides is 1. The van der Waals surface area contributed by atoms with E-state index in [1.54, 1.807) is 7.11 Å². The van der Waals surface area contributed by atoms with Gasteiger partial charge in [0.2, 0.25) is 5.91 Å². The van der Waals surface area contributed by atoms with E-state index in [2.05, 4.69) is 28.5 Å². The molecule has 1 aromatic carbocycles. The highest BCUT2D eigenvalue weighted by molar-refractivity contribution is 5.79. The molecule has 1 unspecified atom stereocenters. The summed E-state index contributed by atoms with van der Waals surface area (Å²) >= 11 is 0. The van der Waals surface area contributed by atoms with Gasteiger partial charge in [0.15, 0.2) is 11.5 Å². The van der Waals surface area contributed by atoms with E-state index in [-0.39, 0.29) is 12.5 Å². The number of piperazine rings is 1. The Labute approximate surface area is 186 Å². The van der Waals surface area contributed by atoms with Gasteiger partial charge in [-0.15, -0.1) is 0 Å². The number of ether oxygens (including phenoxy) is 2.